The average molecular weight is 481 g/mol. The summed E-state index contributed by atoms with van der Waals surface area (Å²) in [4.78, 5) is 14.3. The van der Waals surface area contributed by atoms with E-state index in [1.165, 1.54) is 10.6 Å². The van der Waals surface area contributed by atoms with E-state index < -0.39 is 10.0 Å². The van der Waals surface area contributed by atoms with Gasteiger partial charge in [0.1, 0.15) is 15.4 Å². The van der Waals surface area contributed by atoms with E-state index in [9.17, 15) is 8.42 Å². The number of hydrogen-bond donors (Lipinski definition) is 2. The number of nitrogens with one attached hydrogen (secondary N) is 2. The van der Waals surface area contributed by atoms with Gasteiger partial charge in [0.2, 0.25) is 16.0 Å². The highest BCUT2D eigenvalue weighted by Crippen LogP contribution is 2.35. The Bertz CT molecular complexity index is 1470. The molecule has 2 aromatic heterocycles. The number of fused-ring (bicyclic) bond motifs is 2. The van der Waals surface area contributed by atoms with E-state index in [4.69, 9.17) is 4.98 Å². The number of anilines is 3. The molecule has 5 rings (SSSR count). The fourth-order valence-electron chi connectivity index (χ4n) is 4.04. The van der Waals surface area contributed by atoms with Crippen molar-refractivity contribution in [2.24, 2.45) is 0 Å². The second-order valence-corrected chi connectivity index (χ2v) is 11.1. The van der Waals surface area contributed by atoms with Gasteiger partial charge in [-0.2, -0.15) is 4.31 Å². The van der Waals surface area contributed by atoms with Crippen LogP contribution in [0.15, 0.2) is 42.6 Å². The first-order valence-corrected chi connectivity index (χ1v) is 13.2. The van der Waals surface area contributed by atoms with Gasteiger partial charge in [0.05, 0.1) is 12.5 Å². The number of rotatable bonds is 5. The third-order valence-corrected chi connectivity index (χ3v) is 8.07. The number of thiazole rings is 1. The van der Waals surface area contributed by atoms with E-state index in [0.717, 1.165) is 49.0 Å². The molecule has 0 atom stereocenters. The number of aromatic nitrogens is 3. The first-order valence-electron chi connectivity index (χ1n) is 10.6. The second kappa shape index (κ2) is 8.36. The molecule has 0 saturated carbocycles. The average Bonchev–Trinajstić information content (AvgIpc) is 3.22. The summed E-state index contributed by atoms with van der Waals surface area (Å²) in [6.07, 6.45) is 3.68. The van der Waals surface area contributed by atoms with Gasteiger partial charge in [-0.05, 0) is 48.2 Å². The number of sulfonamides is 1. The van der Waals surface area contributed by atoms with Crippen LogP contribution in [0.25, 0.3) is 20.9 Å². The maximum absolute atomic E-state index is 12.0. The highest BCUT2D eigenvalue weighted by atomic mass is 32.2. The van der Waals surface area contributed by atoms with Crippen LogP contribution >= 0.6 is 11.3 Å². The molecule has 0 saturated heterocycles. The minimum absolute atomic E-state index is 0.407. The Kier molecular flexibility index (Phi) is 5.51. The van der Waals surface area contributed by atoms with Crippen molar-refractivity contribution < 1.29 is 8.42 Å². The van der Waals surface area contributed by atoms with Gasteiger partial charge >= 0.3 is 0 Å². The molecular formula is C23H24N6O2S2. The Morgan fingerprint density at radius 1 is 1.15 bits per heavy atom. The molecule has 8 nitrogen and oxygen atoms in total. The predicted octanol–water partition coefficient (Wildman–Crippen LogP) is 4.16. The zero-order chi connectivity index (χ0) is 23.2. The van der Waals surface area contributed by atoms with Gasteiger partial charge in [0.25, 0.3) is 0 Å². The van der Waals surface area contributed by atoms with Crippen LogP contribution in [0.2, 0.25) is 0 Å². The summed E-state index contributed by atoms with van der Waals surface area (Å²) in [5.41, 5.74) is 7.10. The summed E-state index contributed by atoms with van der Waals surface area (Å²) < 4.78 is 25.5. The summed E-state index contributed by atoms with van der Waals surface area (Å²) in [5.74, 6) is 0.577. The van der Waals surface area contributed by atoms with E-state index >= 15 is 0 Å². The Hall–Kier alpha value is -3.08. The largest absolute Gasteiger partial charge is 0.357 e. The Morgan fingerprint density at radius 2 is 2.00 bits per heavy atom. The van der Waals surface area contributed by atoms with Crippen LogP contribution in [0.5, 0.6) is 0 Å². The van der Waals surface area contributed by atoms with Crippen LogP contribution in [0.4, 0.5) is 17.3 Å². The molecule has 0 spiro atoms. The maximum Gasteiger partial charge on any atom is 0.223 e. The third kappa shape index (κ3) is 4.29. The van der Waals surface area contributed by atoms with Crippen LogP contribution in [0.1, 0.15) is 16.7 Å². The van der Waals surface area contributed by atoms with Crippen molar-refractivity contribution in [2.75, 3.05) is 30.5 Å². The maximum atomic E-state index is 12.0. The minimum atomic E-state index is -3.20. The lowest BCUT2D eigenvalue weighted by Crippen LogP contribution is -2.35. The molecule has 0 amide bonds. The number of aryl methyl sites for hydroxylation is 1. The Balaban J connectivity index is 1.47. The molecule has 2 N–H and O–H groups in total. The van der Waals surface area contributed by atoms with Crippen molar-refractivity contribution in [1.29, 1.82) is 0 Å². The molecule has 170 valence electrons. The topological polar surface area (TPSA) is 100 Å². The van der Waals surface area contributed by atoms with Crippen LogP contribution in [0, 0.1) is 6.92 Å². The molecule has 0 fully saturated rings. The van der Waals surface area contributed by atoms with Crippen molar-refractivity contribution in [3.8, 4) is 10.6 Å². The molecule has 2 aromatic carbocycles. The van der Waals surface area contributed by atoms with Crippen molar-refractivity contribution in [3.63, 3.8) is 0 Å². The monoisotopic (exact) mass is 480 g/mol. The molecule has 0 radical (unpaired) electrons. The molecular weight excluding hydrogens is 456 g/mol. The normalized spacial score (nSPS) is 14.3. The van der Waals surface area contributed by atoms with Gasteiger partial charge in [0.15, 0.2) is 0 Å². The SMILES string of the molecule is CNc1ncc2nc(-c3cc(Nc4cccc5c4CCN(S(C)(=O)=O)C5)ccc3C)sc2n1. The minimum Gasteiger partial charge on any atom is -0.357 e. The predicted molar refractivity (Wildman–Crippen MR) is 134 cm³/mol. The van der Waals surface area contributed by atoms with E-state index in [1.807, 2.05) is 18.2 Å². The number of benzene rings is 2. The van der Waals surface area contributed by atoms with Crippen molar-refractivity contribution in [1.82, 2.24) is 19.3 Å². The summed E-state index contributed by atoms with van der Waals surface area (Å²) in [7, 11) is -1.41. The van der Waals surface area contributed by atoms with Crippen LogP contribution < -0.4 is 10.6 Å². The van der Waals surface area contributed by atoms with Gasteiger partial charge in [-0.3, -0.25) is 0 Å². The molecule has 10 heteroatoms. The molecule has 1 aliphatic heterocycles. The van der Waals surface area contributed by atoms with Gasteiger partial charge in [-0.15, -0.1) is 0 Å². The summed E-state index contributed by atoms with van der Waals surface area (Å²) in [6.45, 7) is 2.97. The fourth-order valence-corrected chi connectivity index (χ4v) is 5.83. The number of hydrogen-bond acceptors (Lipinski definition) is 8. The lowest BCUT2D eigenvalue weighted by molar-refractivity contribution is 0.395. The lowest BCUT2D eigenvalue weighted by atomic mass is 9.98. The van der Waals surface area contributed by atoms with Gasteiger partial charge in [0, 0.05) is 37.1 Å². The van der Waals surface area contributed by atoms with Crippen molar-refractivity contribution >= 4 is 49.0 Å². The van der Waals surface area contributed by atoms with Gasteiger partial charge < -0.3 is 10.6 Å². The molecule has 1 aliphatic rings. The summed E-state index contributed by atoms with van der Waals surface area (Å²) in [6, 6.07) is 12.2. The lowest BCUT2D eigenvalue weighted by Gasteiger charge is -2.28. The molecule has 0 unspecified atom stereocenters. The van der Waals surface area contributed by atoms with Gasteiger partial charge in [-0.1, -0.05) is 29.5 Å². The fraction of sp³-hybridized carbons (Fsp3) is 0.261. The van der Waals surface area contributed by atoms with Gasteiger partial charge in [-0.25, -0.2) is 23.4 Å². The van der Waals surface area contributed by atoms with E-state index in [-0.39, 0.29) is 0 Å². The first-order chi connectivity index (χ1) is 15.8. The zero-order valence-corrected chi connectivity index (χ0v) is 20.2. The van der Waals surface area contributed by atoms with Crippen LogP contribution in [-0.4, -0.2) is 47.5 Å². The third-order valence-electron chi connectivity index (χ3n) is 5.82. The molecule has 0 bridgehead atoms. The summed E-state index contributed by atoms with van der Waals surface area (Å²) >= 11 is 1.54. The molecule has 0 aliphatic carbocycles. The second-order valence-electron chi connectivity index (χ2n) is 8.10. The van der Waals surface area contributed by atoms with E-state index in [0.29, 0.717) is 25.5 Å². The first kappa shape index (κ1) is 21.7. The molecule has 4 aromatic rings. The Morgan fingerprint density at radius 3 is 2.79 bits per heavy atom. The smallest absolute Gasteiger partial charge is 0.223 e. The van der Waals surface area contributed by atoms with Crippen molar-refractivity contribution in [3.05, 3.63) is 59.3 Å². The van der Waals surface area contributed by atoms with Crippen LogP contribution in [0.3, 0.4) is 0 Å². The van der Waals surface area contributed by atoms with Crippen molar-refractivity contribution in [2.45, 2.75) is 19.9 Å². The number of nitrogens with zero attached hydrogens (tertiary/aromatic N) is 4. The Labute approximate surface area is 196 Å². The van der Waals surface area contributed by atoms with E-state index in [1.54, 1.807) is 24.6 Å². The zero-order valence-electron chi connectivity index (χ0n) is 18.6. The summed E-state index contributed by atoms with van der Waals surface area (Å²) in [5, 5.41) is 7.40. The van der Waals surface area contributed by atoms with Crippen LogP contribution in [-0.2, 0) is 23.0 Å². The van der Waals surface area contributed by atoms with E-state index in [2.05, 4.69) is 45.7 Å². The molecule has 3 heterocycles. The standard InChI is InChI=1S/C23H24N6O2S2/c1-14-7-8-16(11-18(14)21-27-20-12-25-23(24-2)28-22(20)32-21)26-19-6-4-5-15-13-29(33(3,30)31)10-9-17(15)19/h4-8,11-12,26H,9-10,13H2,1-3H3,(H,24,25,28). The quantitative estimate of drug-likeness (QED) is 0.442. The molecule has 33 heavy (non-hydrogen) atoms. The highest BCUT2D eigenvalue weighted by molar-refractivity contribution is 7.88. The highest BCUT2D eigenvalue weighted by Gasteiger charge is 2.24.